The van der Waals surface area contributed by atoms with Crippen molar-refractivity contribution in [2.24, 2.45) is 4.99 Å². The number of aryl methyl sites for hydroxylation is 1. The summed E-state index contributed by atoms with van der Waals surface area (Å²) in [6.45, 7) is 1.62. The second-order valence-corrected chi connectivity index (χ2v) is 10.8. The van der Waals surface area contributed by atoms with Gasteiger partial charge in [-0.3, -0.25) is 10.6 Å². The molecule has 7 rings (SSSR count). The number of hydrogen-bond donors (Lipinski definition) is 4. The number of amides is 4. The van der Waals surface area contributed by atoms with Crippen LogP contribution in [0.15, 0.2) is 77.8 Å². The molecule has 4 N–H and O–H groups in total. The highest BCUT2D eigenvalue weighted by molar-refractivity contribution is 6.00. The fourth-order valence-corrected chi connectivity index (χ4v) is 5.88. The normalized spacial score (nSPS) is 11.6. The van der Waals surface area contributed by atoms with Crippen molar-refractivity contribution in [2.45, 2.75) is 19.8 Å². The number of nitrogens with zero attached hydrogens (tertiary/aromatic N) is 5. The lowest BCUT2D eigenvalue weighted by molar-refractivity contribution is 0.261. The number of nitriles is 1. The largest absolute Gasteiger partial charge is 0.326 e. The summed E-state index contributed by atoms with van der Waals surface area (Å²) in [4.78, 5) is 52.5. The van der Waals surface area contributed by atoms with E-state index in [-0.39, 0.29) is 11.9 Å². The lowest BCUT2D eigenvalue weighted by Crippen LogP contribution is -2.24. The van der Waals surface area contributed by atoms with Gasteiger partial charge in [0.1, 0.15) is 5.82 Å². The van der Waals surface area contributed by atoms with Gasteiger partial charge in [0.15, 0.2) is 0 Å². The average molecular weight is 606 g/mol. The van der Waals surface area contributed by atoms with Gasteiger partial charge in [-0.05, 0) is 113 Å². The Morgan fingerprint density at radius 1 is 0.674 bits per heavy atom. The number of carbonyl (C=O) groups is 2. The third-order valence-electron chi connectivity index (χ3n) is 7.76. The van der Waals surface area contributed by atoms with Crippen LogP contribution in [0.5, 0.6) is 0 Å². The Bertz CT molecular complexity index is 2200. The molecule has 0 unspecified atom stereocenters. The van der Waals surface area contributed by atoms with E-state index in [2.05, 4.69) is 47.3 Å². The number of hydrogen-bond acceptors (Lipinski definition) is 8. The van der Waals surface area contributed by atoms with Crippen LogP contribution >= 0.6 is 0 Å². The van der Waals surface area contributed by atoms with Crippen LogP contribution in [0.25, 0.3) is 22.3 Å². The van der Waals surface area contributed by atoms with Gasteiger partial charge in [0.2, 0.25) is 18.0 Å². The van der Waals surface area contributed by atoms with E-state index >= 15 is 0 Å². The molecule has 0 radical (unpaired) electrons. The zero-order valence-electron chi connectivity index (χ0n) is 24.3. The van der Waals surface area contributed by atoms with Crippen molar-refractivity contribution in [1.82, 2.24) is 15.0 Å². The van der Waals surface area contributed by atoms with Crippen LogP contribution < -0.4 is 21.3 Å². The lowest BCUT2D eigenvalue weighted by atomic mass is 10.0. The first kappa shape index (κ1) is 28.1. The van der Waals surface area contributed by atoms with Crippen LogP contribution in [0.4, 0.5) is 38.5 Å². The van der Waals surface area contributed by atoms with Crippen LogP contribution in [-0.4, -0.2) is 33.1 Å². The van der Waals surface area contributed by atoms with Crippen molar-refractivity contribution in [2.75, 3.05) is 21.3 Å². The van der Waals surface area contributed by atoms with Gasteiger partial charge in [0, 0.05) is 11.4 Å². The third kappa shape index (κ3) is 5.53. The molecule has 1 heterocycles. The van der Waals surface area contributed by atoms with Crippen molar-refractivity contribution >= 4 is 47.1 Å². The van der Waals surface area contributed by atoms with Crippen molar-refractivity contribution in [3.8, 4) is 28.3 Å². The molecule has 1 aromatic heterocycles. The lowest BCUT2D eigenvalue weighted by Gasteiger charge is -2.11. The van der Waals surface area contributed by atoms with Gasteiger partial charge in [-0.2, -0.15) is 25.2 Å². The number of carbonyl (C=O) groups excluding carboxylic acids is 3. The van der Waals surface area contributed by atoms with E-state index in [0.29, 0.717) is 41.3 Å². The van der Waals surface area contributed by atoms with Crippen LogP contribution in [0, 0.1) is 18.3 Å². The van der Waals surface area contributed by atoms with Crippen molar-refractivity contribution < 1.29 is 14.4 Å². The Hall–Kier alpha value is -6.70. The number of nitrogens with one attached hydrogen (secondary N) is 4. The number of aromatic nitrogens is 3. The van der Waals surface area contributed by atoms with Crippen molar-refractivity contribution in [1.29, 1.82) is 5.26 Å². The number of urea groups is 2. The van der Waals surface area contributed by atoms with E-state index in [9.17, 15) is 19.6 Å². The van der Waals surface area contributed by atoms with Crippen LogP contribution in [0.3, 0.4) is 0 Å². The van der Waals surface area contributed by atoms with Gasteiger partial charge in [0.05, 0.1) is 17.3 Å². The van der Waals surface area contributed by atoms with Crippen molar-refractivity contribution in [3.63, 3.8) is 0 Å². The summed E-state index contributed by atoms with van der Waals surface area (Å²) < 4.78 is 0. The maximum absolute atomic E-state index is 12.8. The quantitative estimate of drug-likeness (QED) is 0.129. The Kier molecular flexibility index (Phi) is 6.98. The molecular formula is C34H23N9O3. The van der Waals surface area contributed by atoms with Gasteiger partial charge in [-0.25, -0.2) is 14.4 Å². The van der Waals surface area contributed by atoms with E-state index in [1.165, 1.54) is 0 Å². The SMILES string of the molecule is Cc1nc(NC(=O)Nc2ccc3c(c2)Cc2cc(C#N)ccc2-3)nc(NC(=O)Nc2ccc3c(c2)Cc2cc(N=C=O)ccc2-3)n1. The van der Waals surface area contributed by atoms with E-state index in [1.807, 2.05) is 48.5 Å². The molecule has 0 saturated carbocycles. The topological polar surface area (TPSA) is 174 Å². The summed E-state index contributed by atoms with van der Waals surface area (Å²) in [5, 5.41) is 20.0. The zero-order valence-corrected chi connectivity index (χ0v) is 24.3. The summed E-state index contributed by atoms with van der Waals surface area (Å²) in [5.74, 6) is 0.219. The smallest absolute Gasteiger partial charge is 0.308 e. The van der Waals surface area contributed by atoms with Crippen LogP contribution in [0.1, 0.15) is 33.6 Å². The molecule has 2 aliphatic rings. The number of anilines is 4. The van der Waals surface area contributed by atoms with Gasteiger partial charge < -0.3 is 10.6 Å². The van der Waals surface area contributed by atoms with Crippen LogP contribution in [-0.2, 0) is 17.6 Å². The molecule has 0 atom stereocenters. The third-order valence-corrected chi connectivity index (χ3v) is 7.76. The first-order chi connectivity index (χ1) is 22.3. The predicted molar refractivity (Wildman–Crippen MR) is 172 cm³/mol. The molecule has 4 amide bonds. The molecule has 0 fully saturated rings. The number of isocyanates is 1. The second kappa shape index (κ2) is 11.4. The van der Waals surface area contributed by atoms with E-state index < -0.39 is 12.1 Å². The van der Waals surface area contributed by atoms with Crippen molar-refractivity contribution in [3.05, 3.63) is 106 Å². The van der Waals surface area contributed by atoms with E-state index in [0.717, 1.165) is 44.5 Å². The van der Waals surface area contributed by atoms with Gasteiger partial charge in [0.25, 0.3) is 0 Å². The highest BCUT2D eigenvalue weighted by atomic mass is 16.2. The van der Waals surface area contributed by atoms with Gasteiger partial charge in [-0.1, -0.05) is 24.3 Å². The fraction of sp³-hybridized carbons (Fsp3) is 0.0882. The first-order valence-corrected chi connectivity index (χ1v) is 14.2. The maximum atomic E-state index is 12.8. The minimum atomic E-state index is -0.569. The number of fused-ring (bicyclic) bond motifs is 6. The number of benzene rings is 4. The minimum Gasteiger partial charge on any atom is -0.308 e. The molecule has 12 nitrogen and oxygen atoms in total. The fourth-order valence-electron chi connectivity index (χ4n) is 5.88. The highest BCUT2D eigenvalue weighted by Gasteiger charge is 2.21. The Balaban J connectivity index is 0.981. The average Bonchev–Trinajstić information content (AvgIpc) is 3.56. The number of rotatable bonds is 5. The Labute approximate surface area is 262 Å². The van der Waals surface area contributed by atoms with Gasteiger partial charge in [-0.15, -0.1) is 0 Å². The second-order valence-electron chi connectivity index (χ2n) is 10.8. The molecule has 12 heteroatoms. The summed E-state index contributed by atoms with van der Waals surface area (Å²) in [6, 6.07) is 23.5. The molecule has 0 bridgehead atoms. The van der Waals surface area contributed by atoms with Gasteiger partial charge >= 0.3 is 12.1 Å². The molecule has 5 aromatic rings. The molecule has 46 heavy (non-hydrogen) atoms. The standard InChI is InChI=1S/C34H23N9O3/c1-18-37-31(42-33(45)39-25-4-8-29-22(14-25)11-20-10-19(16-35)2-6-27(20)29)41-32(38-18)43-34(46)40-26-5-9-30-23(15-26)12-21-13-24(36-17-44)3-7-28(21)30/h2-10,13-15H,11-12H2,1H3,(H4,37,38,39,40,41,42,43,45,46). The highest BCUT2D eigenvalue weighted by Crippen LogP contribution is 2.40. The maximum Gasteiger partial charge on any atom is 0.326 e. The molecule has 4 aromatic carbocycles. The molecule has 2 aliphatic carbocycles. The Morgan fingerprint density at radius 2 is 1.17 bits per heavy atom. The summed E-state index contributed by atoms with van der Waals surface area (Å²) in [6.07, 6.45) is 2.86. The summed E-state index contributed by atoms with van der Waals surface area (Å²) >= 11 is 0. The molecule has 0 spiro atoms. The molecule has 222 valence electrons. The van der Waals surface area contributed by atoms with E-state index in [1.54, 1.807) is 37.3 Å². The summed E-state index contributed by atoms with van der Waals surface area (Å²) in [7, 11) is 0. The minimum absolute atomic E-state index is 0.0357. The number of aliphatic imine (C=N–C) groups is 1. The molecule has 0 aliphatic heterocycles. The molecule has 0 saturated heterocycles. The monoisotopic (exact) mass is 605 g/mol. The molecular weight excluding hydrogens is 582 g/mol. The first-order valence-electron chi connectivity index (χ1n) is 14.2. The van der Waals surface area contributed by atoms with E-state index in [4.69, 9.17) is 0 Å². The Morgan fingerprint density at radius 3 is 1.72 bits per heavy atom. The summed E-state index contributed by atoms with van der Waals surface area (Å²) in [5.41, 5.74) is 10.7. The zero-order chi connectivity index (χ0) is 31.8. The predicted octanol–water partition coefficient (Wildman–Crippen LogP) is 6.45. The van der Waals surface area contributed by atoms with Crippen LogP contribution in [0.2, 0.25) is 0 Å².